The number of likely N-dealkylation sites (N-methyl/N-ethyl adjacent to an activating group) is 1. The van der Waals surface area contributed by atoms with Crippen LogP contribution in [0.15, 0.2) is 29.1 Å². The number of hydrogen-bond acceptors (Lipinski definition) is 10. The number of fused-ring (bicyclic) bond motifs is 2. The van der Waals surface area contributed by atoms with E-state index in [1.54, 1.807) is 30.4 Å². The van der Waals surface area contributed by atoms with E-state index in [0.29, 0.717) is 26.1 Å². The van der Waals surface area contributed by atoms with Crippen LogP contribution in [0.4, 0.5) is 4.39 Å². The maximum atomic E-state index is 13.9. The number of aliphatic hydroxyl groups excluding tert-OH is 1. The molecule has 13 nitrogen and oxygen atoms in total. The van der Waals surface area contributed by atoms with Crippen molar-refractivity contribution < 1.29 is 53.8 Å². The number of aliphatic carboxylic acids is 3. The molecule has 242 valence electrons. The van der Waals surface area contributed by atoms with E-state index >= 15 is 0 Å². The molecule has 1 aromatic heterocycles. The van der Waals surface area contributed by atoms with E-state index in [2.05, 4.69) is 9.88 Å². The van der Waals surface area contributed by atoms with E-state index in [0.717, 1.165) is 42.8 Å². The van der Waals surface area contributed by atoms with Gasteiger partial charge >= 0.3 is 17.9 Å². The molecule has 1 spiro atoms. The zero-order valence-electron chi connectivity index (χ0n) is 24.5. The van der Waals surface area contributed by atoms with Crippen molar-refractivity contribution in [3.05, 3.63) is 51.7 Å². The third-order valence-electron chi connectivity index (χ3n) is 7.70. The van der Waals surface area contributed by atoms with Crippen molar-refractivity contribution in [2.75, 3.05) is 33.2 Å². The van der Waals surface area contributed by atoms with Crippen LogP contribution >= 0.6 is 11.3 Å². The minimum absolute atomic E-state index is 0.0266. The number of carbonyl (C=O) groups excluding carboxylic acids is 1. The highest BCUT2D eigenvalue weighted by Gasteiger charge is 2.43. The topological polar surface area (TPSA) is 198 Å². The number of piperidine rings is 1. The van der Waals surface area contributed by atoms with Crippen LogP contribution in [-0.4, -0.2) is 109 Å². The molecular formula is C29H38FN3O10S. The average molecular weight is 640 g/mol. The number of rotatable bonds is 12. The van der Waals surface area contributed by atoms with E-state index in [1.165, 1.54) is 17.4 Å². The number of aromatic nitrogens is 1. The van der Waals surface area contributed by atoms with Gasteiger partial charge in [-0.05, 0) is 43.0 Å². The molecule has 2 aromatic rings. The zero-order chi connectivity index (χ0) is 32.7. The van der Waals surface area contributed by atoms with Crippen LogP contribution in [0.2, 0.25) is 0 Å². The summed E-state index contributed by atoms with van der Waals surface area (Å²) in [7, 11) is 1.74. The summed E-state index contributed by atoms with van der Waals surface area (Å²) >= 11 is 1.53. The summed E-state index contributed by atoms with van der Waals surface area (Å²) in [4.78, 5) is 51.9. The first-order valence-corrected chi connectivity index (χ1v) is 14.9. The molecule has 1 aromatic carbocycles. The lowest BCUT2D eigenvalue weighted by Gasteiger charge is -2.40. The number of ether oxygens (including phenoxy) is 1. The molecule has 1 amide bonds. The Kier molecular flexibility index (Phi) is 11.9. The Morgan fingerprint density at radius 1 is 1.16 bits per heavy atom. The molecule has 2 aliphatic heterocycles. The van der Waals surface area contributed by atoms with Crippen LogP contribution in [0.25, 0.3) is 0 Å². The molecule has 3 heterocycles. The van der Waals surface area contributed by atoms with Gasteiger partial charge in [0.2, 0.25) is 5.91 Å². The molecule has 4 rings (SSSR count). The lowest BCUT2D eigenvalue weighted by atomic mass is 9.83. The van der Waals surface area contributed by atoms with Crippen molar-refractivity contribution >= 4 is 35.2 Å². The van der Waals surface area contributed by atoms with Gasteiger partial charge in [-0.15, -0.1) is 11.3 Å². The second kappa shape index (κ2) is 15.0. The highest BCUT2D eigenvalue weighted by Crippen LogP contribution is 2.44. The maximum Gasteiger partial charge on any atom is 0.336 e. The van der Waals surface area contributed by atoms with Gasteiger partial charge in [-0.1, -0.05) is 6.07 Å². The molecule has 2 aliphatic rings. The maximum absolute atomic E-state index is 13.9. The molecular weight excluding hydrogens is 601 g/mol. The van der Waals surface area contributed by atoms with Crippen LogP contribution in [0.5, 0.6) is 0 Å². The lowest BCUT2D eigenvalue weighted by molar-refractivity contribution is -0.170. The van der Waals surface area contributed by atoms with Crippen LogP contribution in [-0.2, 0) is 42.5 Å². The summed E-state index contributed by atoms with van der Waals surface area (Å²) in [5.41, 5.74) is 1.62. The number of aliphatic hydroxyl groups is 2. The summed E-state index contributed by atoms with van der Waals surface area (Å²) in [6, 6.07) is 4.94. The van der Waals surface area contributed by atoms with Gasteiger partial charge in [-0.25, -0.2) is 14.2 Å². The summed E-state index contributed by atoms with van der Waals surface area (Å²) in [5, 5.41) is 45.5. The molecule has 1 unspecified atom stereocenters. The fourth-order valence-corrected chi connectivity index (χ4v) is 6.12. The van der Waals surface area contributed by atoms with Crippen molar-refractivity contribution in [2.45, 2.75) is 62.9 Å². The van der Waals surface area contributed by atoms with Crippen molar-refractivity contribution in [3.8, 4) is 0 Å². The third kappa shape index (κ3) is 9.25. The third-order valence-corrected chi connectivity index (χ3v) is 8.33. The van der Waals surface area contributed by atoms with Crippen molar-refractivity contribution in [2.24, 2.45) is 5.92 Å². The number of amides is 1. The molecule has 2 atom stereocenters. The summed E-state index contributed by atoms with van der Waals surface area (Å²) < 4.78 is 20.0. The summed E-state index contributed by atoms with van der Waals surface area (Å²) in [6.45, 7) is 4.74. The molecule has 0 aliphatic carbocycles. The second-order valence-electron chi connectivity index (χ2n) is 11.3. The van der Waals surface area contributed by atoms with E-state index in [4.69, 9.17) is 25.2 Å². The predicted molar refractivity (Wildman–Crippen MR) is 154 cm³/mol. The highest BCUT2D eigenvalue weighted by atomic mass is 32.1. The Morgan fingerprint density at radius 2 is 1.80 bits per heavy atom. The van der Waals surface area contributed by atoms with Gasteiger partial charge in [0.1, 0.15) is 5.82 Å². The standard InChI is InChI=1S/C23H30FN3O3S.C6H8O7/c1-16(28)11-26(2)22(29)18(9-20-14-31-15-25-20)12-27-7-5-23(6-8-27)21-10-19(24)4-3-17(21)13-30-23;7-3(8)1-6(13,5(11)12)2-4(9)10/h3-4,10,14-16,18,28H,5-9,11-13H2,1-2H3;13H,1-2H2,(H,7,8)(H,9,10)(H,11,12)/t16-,18?;/m1./s1. The Morgan fingerprint density at radius 3 is 2.32 bits per heavy atom. The van der Waals surface area contributed by atoms with Gasteiger partial charge in [0, 0.05) is 45.0 Å². The van der Waals surface area contributed by atoms with Crippen molar-refractivity contribution in [3.63, 3.8) is 0 Å². The molecule has 0 bridgehead atoms. The number of thiazole rings is 1. The fraction of sp³-hybridized carbons (Fsp3) is 0.552. The van der Waals surface area contributed by atoms with Gasteiger partial charge in [-0.3, -0.25) is 14.4 Å². The number of carboxylic acids is 3. The number of hydrogen-bond donors (Lipinski definition) is 5. The van der Waals surface area contributed by atoms with E-state index in [9.17, 15) is 28.7 Å². The number of carboxylic acid groups (broad SMARTS) is 3. The number of carbonyl (C=O) groups is 4. The summed E-state index contributed by atoms with van der Waals surface area (Å²) in [6.07, 6.45) is -0.708. The van der Waals surface area contributed by atoms with Gasteiger partial charge in [0.05, 0.1) is 48.3 Å². The number of nitrogens with zero attached hydrogens (tertiary/aromatic N) is 3. The van der Waals surface area contributed by atoms with Crippen LogP contribution in [0, 0.1) is 11.7 Å². The van der Waals surface area contributed by atoms with Gasteiger partial charge in [0.25, 0.3) is 0 Å². The number of benzene rings is 1. The van der Waals surface area contributed by atoms with Crippen LogP contribution in [0.1, 0.15) is 49.4 Å². The largest absolute Gasteiger partial charge is 0.481 e. The molecule has 0 saturated carbocycles. The zero-order valence-corrected chi connectivity index (χ0v) is 25.3. The van der Waals surface area contributed by atoms with Crippen LogP contribution < -0.4 is 0 Å². The lowest BCUT2D eigenvalue weighted by Crippen LogP contribution is -2.47. The SMILES string of the molecule is C[C@@H](O)CN(C)C(=O)C(Cc1cscn1)CN1CCC2(CC1)OCc1ccc(F)cc12.O=C(O)CC(O)(CC(=O)O)C(=O)O. The number of halogens is 1. The van der Waals surface area contributed by atoms with Gasteiger partial charge in [0.15, 0.2) is 5.60 Å². The molecule has 44 heavy (non-hydrogen) atoms. The average Bonchev–Trinajstić information content (AvgIpc) is 3.56. The molecule has 1 saturated heterocycles. The van der Waals surface area contributed by atoms with E-state index in [1.807, 2.05) is 11.4 Å². The van der Waals surface area contributed by atoms with Crippen LogP contribution in [0.3, 0.4) is 0 Å². The minimum atomic E-state index is -2.74. The Bertz CT molecular complexity index is 1300. The Balaban J connectivity index is 0.000000345. The first-order chi connectivity index (χ1) is 20.6. The van der Waals surface area contributed by atoms with Gasteiger partial charge < -0.3 is 40.1 Å². The summed E-state index contributed by atoms with van der Waals surface area (Å²) in [5.74, 6) is -5.44. The molecule has 15 heteroatoms. The minimum Gasteiger partial charge on any atom is -0.481 e. The monoisotopic (exact) mass is 639 g/mol. The highest BCUT2D eigenvalue weighted by molar-refractivity contribution is 7.07. The Labute approximate surface area is 257 Å². The van der Waals surface area contributed by atoms with Crippen molar-refractivity contribution in [1.29, 1.82) is 0 Å². The van der Waals surface area contributed by atoms with E-state index in [-0.39, 0.29) is 17.6 Å². The first-order valence-electron chi connectivity index (χ1n) is 14.0. The van der Waals surface area contributed by atoms with E-state index < -0.39 is 48.1 Å². The predicted octanol–water partition coefficient (Wildman–Crippen LogP) is 1.55. The first kappa shape index (κ1) is 35.0. The second-order valence-corrected chi connectivity index (χ2v) is 12.0. The molecule has 0 radical (unpaired) electrons. The molecule has 1 fully saturated rings. The Hall–Kier alpha value is -3.50. The normalized spacial score (nSPS) is 17.2. The van der Waals surface area contributed by atoms with Gasteiger partial charge in [-0.2, -0.15) is 0 Å². The quantitative estimate of drug-likeness (QED) is 0.225. The fourth-order valence-electron chi connectivity index (χ4n) is 5.55. The molecule has 5 N–H and O–H groups in total. The van der Waals surface area contributed by atoms with Crippen molar-refractivity contribution in [1.82, 2.24) is 14.8 Å². The number of likely N-dealkylation sites (tertiary alicyclic amines) is 1. The smallest absolute Gasteiger partial charge is 0.336 e.